The Morgan fingerprint density at radius 2 is 2.09 bits per heavy atom. The van der Waals surface area contributed by atoms with Crippen molar-refractivity contribution >= 4 is 21.8 Å². The summed E-state index contributed by atoms with van der Waals surface area (Å²) in [6.07, 6.45) is -0.850. The summed E-state index contributed by atoms with van der Waals surface area (Å²) in [6, 6.07) is 12.1. The topological polar surface area (TPSA) is 78.8 Å². The number of hydrogen-bond acceptors (Lipinski definition) is 4. The van der Waals surface area contributed by atoms with Gasteiger partial charge in [-0.15, -0.1) is 0 Å². The van der Waals surface area contributed by atoms with Crippen LogP contribution in [0.1, 0.15) is 15.9 Å². The molecule has 0 heterocycles. The number of phenolic OH excluding ortho intramolecular Hbond substituents is 1. The first kappa shape index (κ1) is 17.3. The first-order valence-electron chi connectivity index (χ1n) is 7.10. The van der Waals surface area contributed by atoms with E-state index in [0.29, 0.717) is 10.2 Å². The van der Waals surface area contributed by atoms with Crippen LogP contribution in [0.3, 0.4) is 0 Å². The van der Waals surface area contributed by atoms with Crippen LogP contribution < -0.4 is 10.1 Å². The van der Waals surface area contributed by atoms with Crippen LogP contribution in [0.25, 0.3) is 0 Å². The van der Waals surface area contributed by atoms with Crippen LogP contribution in [-0.4, -0.2) is 35.4 Å². The minimum absolute atomic E-state index is 0.0279. The van der Waals surface area contributed by atoms with Crippen LogP contribution in [0.5, 0.6) is 11.5 Å². The van der Waals surface area contributed by atoms with E-state index in [1.807, 2.05) is 25.1 Å². The van der Waals surface area contributed by atoms with Gasteiger partial charge in [0.2, 0.25) is 0 Å². The van der Waals surface area contributed by atoms with E-state index in [0.717, 1.165) is 5.56 Å². The van der Waals surface area contributed by atoms with Gasteiger partial charge in [-0.2, -0.15) is 0 Å². The van der Waals surface area contributed by atoms with Gasteiger partial charge in [-0.25, -0.2) is 0 Å². The molecule has 23 heavy (non-hydrogen) atoms. The third-order valence-corrected chi connectivity index (χ3v) is 3.63. The highest BCUT2D eigenvalue weighted by atomic mass is 79.9. The summed E-state index contributed by atoms with van der Waals surface area (Å²) in [5.74, 6) is 0.0907. The number of aliphatic hydroxyl groups is 1. The molecular formula is C17H18BrNO4. The monoisotopic (exact) mass is 379 g/mol. The van der Waals surface area contributed by atoms with Gasteiger partial charge in [0.15, 0.2) is 0 Å². The predicted octanol–water partition coefficient (Wildman–Crippen LogP) is 2.63. The number of halogens is 1. The summed E-state index contributed by atoms with van der Waals surface area (Å²) < 4.78 is 6.15. The van der Waals surface area contributed by atoms with Crippen LogP contribution >= 0.6 is 15.9 Å². The van der Waals surface area contributed by atoms with Crippen LogP contribution in [0.4, 0.5) is 0 Å². The molecule has 6 heteroatoms. The van der Waals surface area contributed by atoms with Gasteiger partial charge >= 0.3 is 0 Å². The Labute approximate surface area is 143 Å². The van der Waals surface area contributed by atoms with E-state index in [4.69, 9.17) is 4.74 Å². The number of hydrogen-bond donors (Lipinski definition) is 3. The van der Waals surface area contributed by atoms with E-state index < -0.39 is 12.0 Å². The smallest absolute Gasteiger partial charge is 0.255 e. The van der Waals surface area contributed by atoms with Crippen molar-refractivity contribution in [3.63, 3.8) is 0 Å². The van der Waals surface area contributed by atoms with E-state index in [9.17, 15) is 15.0 Å². The largest absolute Gasteiger partial charge is 0.507 e. The molecule has 0 fully saturated rings. The number of ether oxygens (including phenoxy) is 1. The molecule has 0 aliphatic carbocycles. The molecule has 2 rings (SSSR count). The average Bonchev–Trinajstić information content (AvgIpc) is 2.50. The van der Waals surface area contributed by atoms with Crippen molar-refractivity contribution in [3.8, 4) is 11.5 Å². The molecule has 5 nitrogen and oxygen atoms in total. The van der Waals surface area contributed by atoms with Gasteiger partial charge < -0.3 is 20.3 Å². The fourth-order valence-electron chi connectivity index (χ4n) is 1.96. The summed E-state index contributed by atoms with van der Waals surface area (Å²) in [6.45, 7) is 2.05. The maximum atomic E-state index is 12.0. The Kier molecular flexibility index (Phi) is 6.01. The SMILES string of the molecule is Cc1cccc(OCC(O)CNC(=O)c2ccc(Br)cc2O)c1. The minimum atomic E-state index is -0.850. The molecule has 0 spiro atoms. The van der Waals surface area contributed by atoms with Gasteiger partial charge in [-0.05, 0) is 42.8 Å². The maximum absolute atomic E-state index is 12.0. The third-order valence-electron chi connectivity index (χ3n) is 3.13. The lowest BCUT2D eigenvalue weighted by Crippen LogP contribution is -2.35. The number of benzene rings is 2. The molecule has 0 aromatic heterocycles. The quantitative estimate of drug-likeness (QED) is 0.720. The second-order valence-corrected chi connectivity index (χ2v) is 6.07. The fraction of sp³-hybridized carbons (Fsp3) is 0.235. The molecule has 1 unspecified atom stereocenters. The highest BCUT2D eigenvalue weighted by Gasteiger charge is 2.13. The number of phenols is 1. The Morgan fingerprint density at radius 1 is 1.30 bits per heavy atom. The van der Waals surface area contributed by atoms with Gasteiger partial charge in [0.05, 0.1) is 5.56 Å². The summed E-state index contributed by atoms with van der Waals surface area (Å²) in [7, 11) is 0. The minimum Gasteiger partial charge on any atom is -0.507 e. The summed E-state index contributed by atoms with van der Waals surface area (Å²) >= 11 is 3.21. The molecule has 2 aromatic carbocycles. The predicted molar refractivity (Wildman–Crippen MR) is 90.8 cm³/mol. The lowest BCUT2D eigenvalue weighted by molar-refractivity contribution is 0.0841. The zero-order valence-corrected chi connectivity index (χ0v) is 14.2. The number of aromatic hydroxyl groups is 1. The van der Waals surface area contributed by atoms with Crippen molar-refractivity contribution in [3.05, 3.63) is 58.1 Å². The van der Waals surface area contributed by atoms with E-state index in [1.165, 1.54) is 12.1 Å². The van der Waals surface area contributed by atoms with Crippen molar-refractivity contribution in [1.29, 1.82) is 0 Å². The van der Waals surface area contributed by atoms with Gasteiger partial charge in [-0.3, -0.25) is 4.79 Å². The maximum Gasteiger partial charge on any atom is 0.255 e. The normalized spacial score (nSPS) is 11.8. The first-order valence-corrected chi connectivity index (χ1v) is 7.89. The van der Waals surface area contributed by atoms with Crippen molar-refractivity contribution in [2.75, 3.05) is 13.2 Å². The molecule has 1 atom stereocenters. The van der Waals surface area contributed by atoms with Crippen LogP contribution in [0.15, 0.2) is 46.9 Å². The molecule has 3 N–H and O–H groups in total. The molecule has 0 aliphatic heterocycles. The molecule has 0 aliphatic rings. The number of rotatable bonds is 6. The molecule has 1 amide bonds. The molecule has 0 saturated carbocycles. The number of aliphatic hydroxyl groups excluding tert-OH is 1. The molecule has 2 aromatic rings. The highest BCUT2D eigenvalue weighted by Crippen LogP contribution is 2.22. The Balaban J connectivity index is 1.81. The van der Waals surface area contributed by atoms with Crippen LogP contribution in [-0.2, 0) is 0 Å². The van der Waals surface area contributed by atoms with Crippen molar-refractivity contribution in [1.82, 2.24) is 5.32 Å². The fourth-order valence-corrected chi connectivity index (χ4v) is 2.31. The Morgan fingerprint density at radius 3 is 2.78 bits per heavy atom. The second kappa shape index (κ2) is 7.99. The second-order valence-electron chi connectivity index (χ2n) is 5.15. The number of nitrogens with one attached hydrogen (secondary N) is 1. The third kappa shape index (κ3) is 5.26. The van der Waals surface area contributed by atoms with Crippen LogP contribution in [0, 0.1) is 6.92 Å². The van der Waals surface area contributed by atoms with Gasteiger partial charge in [-0.1, -0.05) is 28.1 Å². The summed E-state index contributed by atoms with van der Waals surface area (Å²) in [5, 5.41) is 22.2. The van der Waals surface area contributed by atoms with E-state index in [2.05, 4.69) is 21.2 Å². The molecular weight excluding hydrogens is 362 g/mol. The summed E-state index contributed by atoms with van der Waals surface area (Å²) in [5.41, 5.74) is 1.22. The number of aryl methyl sites for hydroxylation is 1. The van der Waals surface area contributed by atoms with Crippen molar-refractivity contribution in [2.24, 2.45) is 0 Å². The van der Waals surface area contributed by atoms with E-state index >= 15 is 0 Å². The Hall–Kier alpha value is -2.05. The molecule has 0 radical (unpaired) electrons. The van der Waals surface area contributed by atoms with Crippen molar-refractivity contribution in [2.45, 2.75) is 13.0 Å². The number of carbonyl (C=O) groups excluding carboxylic acids is 1. The Bertz CT molecular complexity index is 690. The standard InChI is InChI=1S/C17H18BrNO4/c1-11-3-2-4-14(7-11)23-10-13(20)9-19-17(22)15-6-5-12(18)8-16(15)21/h2-8,13,20-21H,9-10H2,1H3,(H,19,22). The zero-order chi connectivity index (χ0) is 16.8. The lowest BCUT2D eigenvalue weighted by Gasteiger charge is -2.14. The van der Waals surface area contributed by atoms with E-state index in [1.54, 1.807) is 12.1 Å². The van der Waals surface area contributed by atoms with Gasteiger partial charge in [0.1, 0.15) is 24.2 Å². The van der Waals surface area contributed by atoms with Crippen LogP contribution in [0.2, 0.25) is 0 Å². The average molecular weight is 380 g/mol. The zero-order valence-electron chi connectivity index (χ0n) is 12.6. The number of amides is 1. The van der Waals surface area contributed by atoms with E-state index in [-0.39, 0.29) is 24.5 Å². The molecule has 0 bridgehead atoms. The lowest BCUT2D eigenvalue weighted by atomic mass is 10.2. The van der Waals surface area contributed by atoms with Crippen molar-refractivity contribution < 1.29 is 19.7 Å². The van der Waals surface area contributed by atoms with Gasteiger partial charge in [0, 0.05) is 11.0 Å². The first-order chi connectivity index (χ1) is 11.0. The van der Waals surface area contributed by atoms with Gasteiger partial charge in [0.25, 0.3) is 5.91 Å². The molecule has 122 valence electrons. The highest BCUT2D eigenvalue weighted by molar-refractivity contribution is 9.10. The molecule has 0 saturated heterocycles. The number of carbonyl (C=O) groups is 1. The summed E-state index contributed by atoms with van der Waals surface area (Å²) in [4.78, 5) is 12.0.